The van der Waals surface area contributed by atoms with Crippen molar-refractivity contribution in [3.05, 3.63) is 89.0 Å². The molecule has 2 aromatic carbocycles. The summed E-state index contributed by atoms with van der Waals surface area (Å²) in [5.74, 6) is -1.43. The van der Waals surface area contributed by atoms with Crippen LogP contribution in [0.3, 0.4) is 0 Å². The van der Waals surface area contributed by atoms with Gasteiger partial charge in [0.1, 0.15) is 17.1 Å². The molecule has 0 radical (unpaired) electrons. The van der Waals surface area contributed by atoms with E-state index in [-0.39, 0.29) is 54.1 Å². The number of halogens is 1. The molecule has 0 spiro atoms. The molecule has 1 atom stereocenters. The van der Waals surface area contributed by atoms with Crippen molar-refractivity contribution >= 4 is 17.7 Å². The predicted molar refractivity (Wildman–Crippen MR) is 143 cm³/mol. The van der Waals surface area contributed by atoms with Crippen LogP contribution in [0.15, 0.2) is 60.7 Å². The van der Waals surface area contributed by atoms with Crippen molar-refractivity contribution in [3.8, 4) is 0 Å². The number of aromatic nitrogens is 2. The average molecular weight is 533 g/mol. The molecule has 2 N–H and O–H groups in total. The number of likely N-dealkylation sites (tertiary alicyclic amines) is 1. The molecule has 1 unspecified atom stereocenters. The Morgan fingerprint density at radius 3 is 2.44 bits per heavy atom. The summed E-state index contributed by atoms with van der Waals surface area (Å²) in [5.41, 5.74) is 1.23. The number of hydrogen-bond acceptors (Lipinski definition) is 5. The zero-order valence-electron chi connectivity index (χ0n) is 22.2. The van der Waals surface area contributed by atoms with Gasteiger partial charge in [0, 0.05) is 45.3 Å². The number of benzene rings is 2. The van der Waals surface area contributed by atoms with Gasteiger partial charge in [-0.05, 0) is 43.0 Å². The lowest BCUT2D eigenvalue weighted by atomic mass is 9.96. The van der Waals surface area contributed by atoms with Gasteiger partial charge >= 0.3 is 0 Å². The van der Waals surface area contributed by atoms with E-state index in [9.17, 15) is 18.8 Å². The van der Waals surface area contributed by atoms with Crippen LogP contribution in [0.1, 0.15) is 51.9 Å². The highest BCUT2D eigenvalue weighted by atomic mass is 19.1. The maximum atomic E-state index is 13.2. The highest BCUT2D eigenvalue weighted by Gasteiger charge is 2.46. The normalized spacial score (nSPS) is 20.0. The number of amides is 3. The molecule has 1 saturated heterocycles. The molecule has 10 heteroatoms. The molecule has 1 fully saturated rings. The lowest BCUT2D eigenvalue weighted by Crippen LogP contribution is -2.62. The van der Waals surface area contributed by atoms with E-state index in [2.05, 4.69) is 32.8 Å². The van der Waals surface area contributed by atoms with E-state index < -0.39 is 5.54 Å². The Balaban J connectivity index is 1.19. The lowest BCUT2D eigenvalue weighted by Gasteiger charge is -2.40. The Morgan fingerprint density at radius 1 is 1.05 bits per heavy atom. The predicted octanol–water partition coefficient (Wildman–Crippen LogP) is 2.58. The van der Waals surface area contributed by atoms with Crippen LogP contribution >= 0.6 is 0 Å². The summed E-state index contributed by atoms with van der Waals surface area (Å²) >= 11 is 0. The van der Waals surface area contributed by atoms with Crippen LogP contribution in [-0.2, 0) is 24.4 Å². The van der Waals surface area contributed by atoms with Gasteiger partial charge in [0.25, 0.3) is 11.8 Å². The van der Waals surface area contributed by atoms with Gasteiger partial charge in [0.15, 0.2) is 5.69 Å². The third-order valence-electron chi connectivity index (χ3n) is 7.76. The highest BCUT2D eigenvalue weighted by Crippen LogP contribution is 2.26. The molecular formula is C29H33FN6O3. The van der Waals surface area contributed by atoms with E-state index >= 15 is 0 Å². The number of carbonyl (C=O) groups is 3. The van der Waals surface area contributed by atoms with E-state index in [1.54, 1.807) is 26.1 Å². The Kier molecular flexibility index (Phi) is 7.47. The highest BCUT2D eigenvalue weighted by molar-refractivity contribution is 6.01. The van der Waals surface area contributed by atoms with E-state index in [1.807, 2.05) is 18.2 Å². The van der Waals surface area contributed by atoms with Crippen LogP contribution in [0.4, 0.5) is 4.39 Å². The smallest absolute Gasteiger partial charge is 0.272 e. The molecule has 3 heterocycles. The minimum atomic E-state index is -1.21. The van der Waals surface area contributed by atoms with Crippen molar-refractivity contribution in [3.63, 3.8) is 0 Å². The van der Waals surface area contributed by atoms with Crippen molar-refractivity contribution in [2.45, 2.75) is 51.0 Å². The fraction of sp³-hybridized carbons (Fsp3) is 0.379. The van der Waals surface area contributed by atoms with Gasteiger partial charge in [-0.3, -0.25) is 24.0 Å². The van der Waals surface area contributed by atoms with Gasteiger partial charge in [0.05, 0.1) is 6.54 Å². The SMILES string of the molecule is CN1C(=O)c2cc(C(=O)NC3CCN(Cc4ccccc4)CC3)nn2CC1(C)C(=O)NCc1ccc(F)cc1. The number of piperidine rings is 1. The van der Waals surface area contributed by atoms with Crippen molar-refractivity contribution in [2.24, 2.45) is 0 Å². The van der Waals surface area contributed by atoms with Crippen LogP contribution in [-0.4, -0.2) is 69.0 Å². The standard InChI is InChI=1S/C29H33FN6O3/c1-29(28(39)31-17-20-8-10-22(30)11-9-20)19-36-25(27(38)34(29)2)16-24(33-36)26(37)32-23-12-14-35(15-13-23)18-21-6-4-3-5-7-21/h3-11,16,23H,12-15,17-19H2,1-2H3,(H,31,39)(H,32,37). The second-order valence-corrected chi connectivity index (χ2v) is 10.5. The topological polar surface area (TPSA) is 99.6 Å². The lowest BCUT2D eigenvalue weighted by molar-refractivity contribution is -0.132. The number of likely N-dealkylation sites (N-methyl/N-ethyl adjacent to an activating group) is 1. The molecule has 2 aliphatic heterocycles. The maximum Gasteiger partial charge on any atom is 0.272 e. The largest absolute Gasteiger partial charge is 0.350 e. The minimum Gasteiger partial charge on any atom is -0.350 e. The first-order valence-corrected chi connectivity index (χ1v) is 13.2. The Hall–Kier alpha value is -4.05. The van der Waals surface area contributed by atoms with Crippen molar-refractivity contribution < 1.29 is 18.8 Å². The molecule has 9 nitrogen and oxygen atoms in total. The molecule has 0 aliphatic carbocycles. The number of rotatable bonds is 7. The number of fused-ring (bicyclic) bond motifs is 1. The molecule has 0 saturated carbocycles. The summed E-state index contributed by atoms with van der Waals surface area (Å²) in [6.07, 6.45) is 1.67. The van der Waals surface area contributed by atoms with E-state index in [0.29, 0.717) is 0 Å². The third-order valence-corrected chi connectivity index (χ3v) is 7.76. The molecule has 39 heavy (non-hydrogen) atoms. The van der Waals surface area contributed by atoms with Crippen LogP contribution in [0.5, 0.6) is 0 Å². The number of nitrogens with zero attached hydrogens (tertiary/aromatic N) is 4. The summed E-state index contributed by atoms with van der Waals surface area (Å²) in [6, 6.07) is 17.7. The fourth-order valence-electron chi connectivity index (χ4n) is 5.15. The van der Waals surface area contributed by atoms with E-state index in [1.165, 1.54) is 33.3 Å². The zero-order chi connectivity index (χ0) is 27.6. The number of hydrogen-bond donors (Lipinski definition) is 2. The molecule has 5 rings (SSSR count). The average Bonchev–Trinajstić information content (AvgIpc) is 3.37. The fourth-order valence-corrected chi connectivity index (χ4v) is 5.15. The first-order valence-electron chi connectivity index (χ1n) is 13.2. The summed E-state index contributed by atoms with van der Waals surface area (Å²) in [6.45, 7) is 4.62. The molecular weight excluding hydrogens is 499 g/mol. The van der Waals surface area contributed by atoms with Crippen molar-refractivity contribution in [1.82, 2.24) is 30.2 Å². The monoisotopic (exact) mass is 532 g/mol. The van der Waals surface area contributed by atoms with Crippen LogP contribution in [0, 0.1) is 5.82 Å². The summed E-state index contributed by atoms with van der Waals surface area (Å²) in [4.78, 5) is 43.1. The molecule has 3 aromatic rings. The first-order chi connectivity index (χ1) is 18.7. The van der Waals surface area contributed by atoms with Gasteiger partial charge in [-0.1, -0.05) is 42.5 Å². The second kappa shape index (κ2) is 11.0. The zero-order valence-corrected chi connectivity index (χ0v) is 22.2. The summed E-state index contributed by atoms with van der Waals surface area (Å²) in [7, 11) is 1.57. The summed E-state index contributed by atoms with van der Waals surface area (Å²) in [5, 5.41) is 10.3. The van der Waals surface area contributed by atoms with Crippen LogP contribution in [0.25, 0.3) is 0 Å². The summed E-state index contributed by atoms with van der Waals surface area (Å²) < 4.78 is 14.6. The van der Waals surface area contributed by atoms with Crippen molar-refractivity contribution in [1.29, 1.82) is 0 Å². The van der Waals surface area contributed by atoms with Crippen molar-refractivity contribution in [2.75, 3.05) is 20.1 Å². The maximum absolute atomic E-state index is 13.2. The molecule has 2 aliphatic rings. The van der Waals surface area contributed by atoms with Crippen LogP contribution < -0.4 is 10.6 Å². The molecule has 0 bridgehead atoms. The quantitative estimate of drug-likeness (QED) is 0.487. The Labute approximate surface area is 227 Å². The van der Waals surface area contributed by atoms with Crippen LogP contribution in [0.2, 0.25) is 0 Å². The molecule has 204 valence electrons. The van der Waals surface area contributed by atoms with E-state index in [4.69, 9.17) is 0 Å². The first kappa shape index (κ1) is 26.6. The third kappa shape index (κ3) is 5.70. The molecule has 3 amide bonds. The number of nitrogens with one attached hydrogen (secondary N) is 2. The Morgan fingerprint density at radius 2 is 1.74 bits per heavy atom. The second-order valence-electron chi connectivity index (χ2n) is 10.5. The molecule has 1 aromatic heterocycles. The van der Waals surface area contributed by atoms with Gasteiger partial charge in [-0.15, -0.1) is 0 Å². The van der Waals surface area contributed by atoms with Gasteiger partial charge < -0.3 is 15.5 Å². The van der Waals surface area contributed by atoms with Gasteiger partial charge in [-0.2, -0.15) is 5.10 Å². The van der Waals surface area contributed by atoms with Gasteiger partial charge in [0.2, 0.25) is 5.91 Å². The van der Waals surface area contributed by atoms with Gasteiger partial charge in [-0.25, -0.2) is 4.39 Å². The Bertz CT molecular complexity index is 1350. The van der Waals surface area contributed by atoms with E-state index in [0.717, 1.165) is 38.0 Å². The number of carbonyl (C=O) groups excluding carboxylic acids is 3. The minimum absolute atomic E-state index is 0.0316.